The first-order valence-electron chi connectivity index (χ1n) is 8.49. The molecule has 2 N–H and O–H groups in total. The minimum atomic E-state index is -0.769. The number of hydrogen-bond donors (Lipinski definition) is 1. The zero-order valence-corrected chi connectivity index (χ0v) is 16.2. The topological polar surface area (TPSA) is 87.3 Å². The summed E-state index contributed by atoms with van der Waals surface area (Å²) in [5.41, 5.74) is 6.82. The van der Waals surface area contributed by atoms with Crippen LogP contribution in [0.15, 0.2) is 49.0 Å². The van der Waals surface area contributed by atoms with Gasteiger partial charge in [0.25, 0.3) is 0 Å². The quantitative estimate of drug-likeness (QED) is 0.597. The van der Waals surface area contributed by atoms with E-state index in [1.807, 2.05) is 30.3 Å². The molecule has 3 aromatic rings. The lowest BCUT2D eigenvalue weighted by atomic mass is 10.1. The Morgan fingerprint density at radius 3 is 2.62 bits per heavy atom. The first-order chi connectivity index (χ1) is 14.0. The highest BCUT2D eigenvalue weighted by Gasteiger charge is 2.22. The lowest BCUT2D eigenvalue weighted by molar-refractivity contribution is 0.0465. The van der Waals surface area contributed by atoms with Crippen molar-refractivity contribution < 1.29 is 18.7 Å². The first kappa shape index (κ1) is 20.3. The summed E-state index contributed by atoms with van der Waals surface area (Å²) in [5.74, 6) is -1.81. The standard InChI is InChI=1S/C21H17ClFN3O3/c1-3-13-17(21(27)29-11-12-7-5-4-6-8-12)25-20(26-19(13)24)14-9-10-15(22)18(28-2)16(14)23/h3-10H,1,11H2,2H3,(H2,24,25,26). The Morgan fingerprint density at radius 1 is 1.24 bits per heavy atom. The SMILES string of the molecule is C=Cc1c(N)nc(-c2ccc(Cl)c(OC)c2F)nc1C(=O)OCc1ccccc1. The highest BCUT2D eigenvalue weighted by atomic mass is 35.5. The summed E-state index contributed by atoms with van der Waals surface area (Å²) < 4.78 is 25.1. The molecule has 0 aliphatic rings. The van der Waals surface area contributed by atoms with Gasteiger partial charge in [0.05, 0.1) is 17.7 Å². The van der Waals surface area contributed by atoms with E-state index in [-0.39, 0.29) is 45.8 Å². The molecule has 148 valence electrons. The van der Waals surface area contributed by atoms with Crippen LogP contribution in [-0.4, -0.2) is 23.0 Å². The molecule has 0 fully saturated rings. The van der Waals surface area contributed by atoms with Crippen LogP contribution in [0.25, 0.3) is 17.5 Å². The van der Waals surface area contributed by atoms with Crippen LogP contribution in [-0.2, 0) is 11.3 Å². The number of nitrogens with two attached hydrogens (primary N) is 1. The number of rotatable bonds is 6. The number of nitrogens with zero attached hydrogens (tertiary/aromatic N) is 2. The van der Waals surface area contributed by atoms with Gasteiger partial charge in [-0.3, -0.25) is 0 Å². The first-order valence-corrected chi connectivity index (χ1v) is 8.87. The van der Waals surface area contributed by atoms with Crippen LogP contribution >= 0.6 is 11.6 Å². The van der Waals surface area contributed by atoms with E-state index in [0.29, 0.717) is 0 Å². The molecular weight excluding hydrogens is 397 g/mol. The van der Waals surface area contributed by atoms with Crippen molar-refractivity contribution in [2.75, 3.05) is 12.8 Å². The van der Waals surface area contributed by atoms with Gasteiger partial charge in [-0.15, -0.1) is 0 Å². The maximum Gasteiger partial charge on any atom is 0.358 e. The second-order valence-electron chi connectivity index (χ2n) is 5.90. The normalized spacial score (nSPS) is 10.4. The molecular formula is C21H17ClFN3O3. The van der Waals surface area contributed by atoms with E-state index in [0.717, 1.165) is 5.56 Å². The highest BCUT2D eigenvalue weighted by molar-refractivity contribution is 6.32. The second-order valence-corrected chi connectivity index (χ2v) is 6.31. The minimum Gasteiger partial charge on any atom is -0.492 e. The summed E-state index contributed by atoms with van der Waals surface area (Å²) in [4.78, 5) is 20.9. The van der Waals surface area contributed by atoms with E-state index >= 15 is 0 Å². The van der Waals surface area contributed by atoms with E-state index in [1.54, 1.807) is 0 Å². The molecule has 29 heavy (non-hydrogen) atoms. The predicted molar refractivity (Wildman–Crippen MR) is 109 cm³/mol. The largest absolute Gasteiger partial charge is 0.492 e. The molecule has 1 aromatic heterocycles. The van der Waals surface area contributed by atoms with Crippen molar-refractivity contribution >= 4 is 29.5 Å². The molecule has 0 atom stereocenters. The molecule has 8 heteroatoms. The van der Waals surface area contributed by atoms with Gasteiger partial charge >= 0.3 is 5.97 Å². The second kappa shape index (κ2) is 8.70. The molecule has 0 aliphatic heterocycles. The van der Waals surface area contributed by atoms with E-state index in [4.69, 9.17) is 26.8 Å². The maximum absolute atomic E-state index is 14.8. The molecule has 0 bridgehead atoms. The van der Waals surface area contributed by atoms with Gasteiger partial charge in [-0.1, -0.05) is 54.6 Å². The zero-order chi connectivity index (χ0) is 21.0. The number of benzene rings is 2. The van der Waals surface area contributed by atoms with Crippen LogP contribution in [0, 0.1) is 5.82 Å². The smallest absolute Gasteiger partial charge is 0.358 e. The Morgan fingerprint density at radius 2 is 1.97 bits per heavy atom. The number of methoxy groups -OCH3 is 1. The lowest BCUT2D eigenvalue weighted by Crippen LogP contribution is -2.14. The molecule has 0 amide bonds. The number of esters is 1. The van der Waals surface area contributed by atoms with Crippen LogP contribution in [0.4, 0.5) is 10.2 Å². The molecule has 6 nitrogen and oxygen atoms in total. The van der Waals surface area contributed by atoms with Crippen molar-refractivity contribution in [3.63, 3.8) is 0 Å². The monoisotopic (exact) mass is 413 g/mol. The molecule has 1 heterocycles. The van der Waals surface area contributed by atoms with Crippen molar-refractivity contribution in [2.24, 2.45) is 0 Å². The number of ether oxygens (including phenoxy) is 2. The fraction of sp³-hybridized carbons (Fsp3) is 0.0952. The van der Waals surface area contributed by atoms with Crippen LogP contribution < -0.4 is 10.5 Å². The fourth-order valence-corrected chi connectivity index (χ4v) is 2.87. The van der Waals surface area contributed by atoms with Crippen LogP contribution in [0.2, 0.25) is 5.02 Å². The summed E-state index contributed by atoms with van der Waals surface area (Å²) in [5, 5.41) is 0.0897. The Labute approximate surface area is 171 Å². The third-order valence-electron chi connectivity index (χ3n) is 4.08. The van der Waals surface area contributed by atoms with Gasteiger partial charge < -0.3 is 15.2 Å². The summed E-state index contributed by atoms with van der Waals surface area (Å²) in [7, 11) is 1.29. The van der Waals surface area contributed by atoms with Gasteiger partial charge in [-0.05, 0) is 17.7 Å². The summed E-state index contributed by atoms with van der Waals surface area (Å²) in [6.07, 6.45) is 1.34. The summed E-state index contributed by atoms with van der Waals surface area (Å²) >= 11 is 5.93. The average Bonchev–Trinajstić information content (AvgIpc) is 2.72. The van der Waals surface area contributed by atoms with E-state index in [9.17, 15) is 9.18 Å². The van der Waals surface area contributed by atoms with Crippen molar-refractivity contribution in [3.05, 3.63) is 76.7 Å². The average molecular weight is 414 g/mol. The third kappa shape index (κ3) is 4.20. The number of anilines is 1. The van der Waals surface area contributed by atoms with Crippen LogP contribution in [0.5, 0.6) is 5.75 Å². The molecule has 0 saturated carbocycles. The number of halogens is 2. The van der Waals surface area contributed by atoms with Crippen molar-refractivity contribution in [3.8, 4) is 17.1 Å². The van der Waals surface area contributed by atoms with Gasteiger partial charge in [0.1, 0.15) is 12.4 Å². The van der Waals surface area contributed by atoms with E-state index in [1.165, 1.54) is 25.3 Å². The molecule has 0 radical (unpaired) electrons. The molecule has 0 unspecified atom stereocenters. The van der Waals surface area contributed by atoms with Gasteiger partial charge in [0.15, 0.2) is 23.1 Å². The summed E-state index contributed by atoms with van der Waals surface area (Å²) in [6.45, 7) is 3.67. The molecule has 2 aromatic carbocycles. The van der Waals surface area contributed by atoms with Crippen LogP contribution in [0.1, 0.15) is 21.6 Å². The molecule has 0 saturated heterocycles. The number of carbonyl (C=O) groups is 1. The fourth-order valence-electron chi connectivity index (χ4n) is 2.65. The van der Waals surface area contributed by atoms with Gasteiger partial charge in [-0.25, -0.2) is 19.2 Å². The minimum absolute atomic E-state index is 0.0225. The number of hydrogen-bond acceptors (Lipinski definition) is 6. The molecule has 0 aliphatic carbocycles. The van der Waals surface area contributed by atoms with Gasteiger partial charge in [0.2, 0.25) is 0 Å². The predicted octanol–water partition coefficient (Wildman–Crippen LogP) is 4.53. The van der Waals surface area contributed by atoms with E-state index < -0.39 is 11.8 Å². The summed E-state index contributed by atoms with van der Waals surface area (Å²) in [6, 6.07) is 12.0. The zero-order valence-electron chi connectivity index (χ0n) is 15.5. The molecule has 3 rings (SSSR count). The molecule has 0 spiro atoms. The van der Waals surface area contributed by atoms with Crippen molar-refractivity contribution in [1.82, 2.24) is 9.97 Å². The van der Waals surface area contributed by atoms with Crippen molar-refractivity contribution in [1.29, 1.82) is 0 Å². The van der Waals surface area contributed by atoms with Crippen LogP contribution in [0.3, 0.4) is 0 Å². The number of carbonyl (C=O) groups excluding carboxylic acids is 1. The lowest BCUT2D eigenvalue weighted by Gasteiger charge is -2.12. The highest BCUT2D eigenvalue weighted by Crippen LogP contribution is 2.34. The Bertz CT molecular complexity index is 1070. The number of aromatic nitrogens is 2. The third-order valence-corrected chi connectivity index (χ3v) is 4.38. The maximum atomic E-state index is 14.8. The van der Waals surface area contributed by atoms with E-state index in [2.05, 4.69) is 16.5 Å². The van der Waals surface area contributed by atoms with Crippen molar-refractivity contribution in [2.45, 2.75) is 6.61 Å². The Kier molecular flexibility index (Phi) is 6.09. The number of nitrogen functional groups attached to an aromatic ring is 1. The van der Waals surface area contributed by atoms with Gasteiger partial charge in [0, 0.05) is 5.56 Å². The Balaban J connectivity index is 2.01. The van der Waals surface area contributed by atoms with Gasteiger partial charge in [-0.2, -0.15) is 0 Å². The Hall–Kier alpha value is -3.45.